The standard InChI is InChI=1S/C23H20N2O.ClH/c1-16-14-21-22(12-13-24-23(21)15-17(16)2)25-18-8-10-20(11-9-18)26-19-6-4-3-5-7-19;/h3-15H,1-2H3,(H,24,25);1H. The second-order valence-electron chi connectivity index (χ2n) is 6.38. The Hall–Kier alpha value is -3.04. The van der Waals surface area contributed by atoms with Crippen LogP contribution in [-0.4, -0.2) is 4.98 Å². The van der Waals surface area contributed by atoms with Crippen molar-refractivity contribution < 1.29 is 4.74 Å². The number of para-hydroxylation sites is 1. The zero-order chi connectivity index (χ0) is 17.9. The van der Waals surface area contributed by atoms with Crippen LogP contribution in [0, 0.1) is 13.8 Å². The molecule has 27 heavy (non-hydrogen) atoms. The van der Waals surface area contributed by atoms with Crippen molar-refractivity contribution in [3.05, 3.63) is 90.1 Å². The summed E-state index contributed by atoms with van der Waals surface area (Å²) in [5, 5.41) is 4.61. The number of anilines is 2. The molecular weight excluding hydrogens is 356 g/mol. The van der Waals surface area contributed by atoms with Gasteiger partial charge in [-0.2, -0.15) is 0 Å². The van der Waals surface area contributed by atoms with Crippen molar-refractivity contribution in [2.75, 3.05) is 5.32 Å². The molecule has 0 spiro atoms. The van der Waals surface area contributed by atoms with Crippen LogP contribution >= 0.6 is 12.4 Å². The van der Waals surface area contributed by atoms with Gasteiger partial charge < -0.3 is 10.1 Å². The van der Waals surface area contributed by atoms with Crippen molar-refractivity contribution in [2.24, 2.45) is 0 Å². The highest BCUT2D eigenvalue weighted by molar-refractivity contribution is 5.93. The maximum absolute atomic E-state index is 5.84. The third-order valence-corrected chi connectivity index (χ3v) is 4.47. The molecule has 0 fully saturated rings. The molecule has 1 N–H and O–H groups in total. The van der Waals surface area contributed by atoms with Gasteiger partial charge in [-0.15, -0.1) is 12.4 Å². The average molecular weight is 377 g/mol. The van der Waals surface area contributed by atoms with Crippen LogP contribution < -0.4 is 10.1 Å². The Morgan fingerprint density at radius 2 is 1.44 bits per heavy atom. The van der Waals surface area contributed by atoms with Crippen molar-refractivity contribution in [1.29, 1.82) is 0 Å². The molecule has 0 radical (unpaired) electrons. The van der Waals surface area contributed by atoms with E-state index < -0.39 is 0 Å². The minimum atomic E-state index is 0. The van der Waals surface area contributed by atoms with Gasteiger partial charge in [-0.1, -0.05) is 18.2 Å². The first kappa shape index (κ1) is 18.7. The second-order valence-corrected chi connectivity index (χ2v) is 6.38. The number of hydrogen-bond donors (Lipinski definition) is 1. The zero-order valence-electron chi connectivity index (χ0n) is 15.3. The number of halogens is 1. The van der Waals surface area contributed by atoms with E-state index in [1.165, 1.54) is 11.1 Å². The van der Waals surface area contributed by atoms with Gasteiger partial charge in [-0.05, 0) is 79.6 Å². The van der Waals surface area contributed by atoms with E-state index in [2.05, 4.69) is 36.3 Å². The third-order valence-electron chi connectivity index (χ3n) is 4.47. The van der Waals surface area contributed by atoms with E-state index in [1.54, 1.807) is 0 Å². The molecule has 4 rings (SSSR count). The van der Waals surface area contributed by atoms with Gasteiger partial charge in [0.1, 0.15) is 11.5 Å². The van der Waals surface area contributed by atoms with Gasteiger partial charge >= 0.3 is 0 Å². The van der Waals surface area contributed by atoms with Gasteiger partial charge in [0.05, 0.1) is 5.52 Å². The number of aryl methyl sites for hydroxylation is 2. The Bertz CT molecular complexity index is 1050. The number of nitrogens with one attached hydrogen (secondary N) is 1. The van der Waals surface area contributed by atoms with Crippen LogP contribution in [0.3, 0.4) is 0 Å². The van der Waals surface area contributed by atoms with Gasteiger partial charge in [0, 0.05) is 23.0 Å². The molecule has 4 aromatic rings. The van der Waals surface area contributed by atoms with Crippen molar-refractivity contribution in [2.45, 2.75) is 13.8 Å². The fraction of sp³-hybridized carbons (Fsp3) is 0.0870. The summed E-state index contributed by atoms with van der Waals surface area (Å²) in [4.78, 5) is 4.49. The molecule has 0 bridgehead atoms. The quantitative estimate of drug-likeness (QED) is 0.424. The Morgan fingerprint density at radius 3 is 2.19 bits per heavy atom. The lowest BCUT2D eigenvalue weighted by Crippen LogP contribution is -1.94. The maximum Gasteiger partial charge on any atom is 0.127 e. The van der Waals surface area contributed by atoms with Gasteiger partial charge in [-0.3, -0.25) is 4.98 Å². The smallest absolute Gasteiger partial charge is 0.127 e. The number of hydrogen-bond acceptors (Lipinski definition) is 3. The van der Waals surface area contributed by atoms with Crippen molar-refractivity contribution in [3.63, 3.8) is 0 Å². The largest absolute Gasteiger partial charge is 0.457 e. The van der Waals surface area contributed by atoms with Gasteiger partial charge in [0.2, 0.25) is 0 Å². The molecule has 3 nitrogen and oxygen atoms in total. The summed E-state index contributed by atoms with van der Waals surface area (Å²) in [5.74, 6) is 1.65. The third kappa shape index (κ3) is 4.21. The van der Waals surface area contributed by atoms with E-state index in [-0.39, 0.29) is 12.4 Å². The lowest BCUT2D eigenvalue weighted by Gasteiger charge is -2.12. The predicted octanol–water partition coefficient (Wildman–Crippen LogP) is 6.81. The average Bonchev–Trinajstić information content (AvgIpc) is 2.66. The fourth-order valence-corrected chi connectivity index (χ4v) is 2.90. The van der Waals surface area contributed by atoms with Crippen LogP contribution in [0.4, 0.5) is 11.4 Å². The Morgan fingerprint density at radius 1 is 0.778 bits per heavy atom. The summed E-state index contributed by atoms with van der Waals surface area (Å²) in [7, 11) is 0. The zero-order valence-corrected chi connectivity index (χ0v) is 16.1. The van der Waals surface area contributed by atoms with Gasteiger partial charge in [0.15, 0.2) is 0 Å². The molecule has 4 heteroatoms. The number of benzene rings is 3. The molecule has 1 heterocycles. The van der Waals surface area contributed by atoms with Crippen LogP contribution in [-0.2, 0) is 0 Å². The summed E-state index contributed by atoms with van der Waals surface area (Å²) < 4.78 is 5.84. The van der Waals surface area contributed by atoms with E-state index in [1.807, 2.05) is 66.9 Å². The molecule has 0 saturated carbocycles. The summed E-state index contributed by atoms with van der Waals surface area (Å²) in [6, 6.07) is 24.1. The number of fused-ring (bicyclic) bond motifs is 1. The second kappa shape index (κ2) is 8.11. The SMILES string of the molecule is Cc1cc2nccc(Nc3ccc(Oc4ccccc4)cc3)c2cc1C.Cl. The van der Waals surface area contributed by atoms with E-state index in [4.69, 9.17) is 4.74 Å². The normalized spacial score (nSPS) is 10.3. The van der Waals surface area contributed by atoms with Crippen LogP contribution in [0.25, 0.3) is 10.9 Å². The first-order chi connectivity index (χ1) is 12.7. The summed E-state index contributed by atoms with van der Waals surface area (Å²) in [6.45, 7) is 4.24. The number of rotatable bonds is 4. The number of pyridine rings is 1. The Kier molecular flexibility index (Phi) is 5.63. The fourth-order valence-electron chi connectivity index (χ4n) is 2.90. The molecule has 0 aliphatic rings. The molecule has 0 aliphatic heterocycles. The van der Waals surface area contributed by atoms with Crippen LogP contribution in [0.1, 0.15) is 11.1 Å². The number of nitrogens with zero attached hydrogens (tertiary/aromatic N) is 1. The summed E-state index contributed by atoms with van der Waals surface area (Å²) in [6.07, 6.45) is 1.84. The highest BCUT2D eigenvalue weighted by Crippen LogP contribution is 2.29. The van der Waals surface area contributed by atoms with Crippen molar-refractivity contribution in [1.82, 2.24) is 4.98 Å². The van der Waals surface area contributed by atoms with Crippen LogP contribution in [0.5, 0.6) is 11.5 Å². The predicted molar refractivity (Wildman–Crippen MR) is 115 cm³/mol. The molecule has 0 saturated heterocycles. The monoisotopic (exact) mass is 376 g/mol. The molecule has 3 aromatic carbocycles. The van der Waals surface area contributed by atoms with Gasteiger partial charge in [-0.25, -0.2) is 0 Å². The molecular formula is C23H21ClN2O. The van der Waals surface area contributed by atoms with E-state index in [9.17, 15) is 0 Å². The lowest BCUT2D eigenvalue weighted by atomic mass is 10.1. The lowest BCUT2D eigenvalue weighted by molar-refractivity contribution is 0.483. The molecule has 0 atom stereocenters. The minimum absolute atomic E-state index is 0. The highest BCUT2D eigenvalue weighted by Gasteiger charge is 2.05. The number of ether oxygens (including phenoxy) is 1. The molecule has 0 amide bonds. The molecule has 0 aliphatic carbocycles. The Labute approximate surface area is 165 Å². The highest BCUT2D eigenvalue weighted by atomic mass is 35.5. The Balaban J connectivity index is 0.00000210. The van der Waals surface area contributed by atoms with Crippen LogP contribution in [0.2, 0.25) is 0 Å². The summed E-state index contributed by atoms with van der Waals surface area (Å²) >= 11 is 0. The van der Waals surface area contributed by atoms with Gasteiger partial charge in [0.25, 0.3) is 0 Å². The van der Waals surface area contributed by atoms with E-state index >= 15 is 0 Å². The number of aromatic nitrogens is 1. The first-order valence-electron chi connectivity index (χ1n) is 8.65. The van der Waals surface area contributed by atoms with Crippen molar-refractivity contribution >= 4 is 34.7 Å². The first-order valence-corrected chi connectivity index (χ1v) is 8.65. The topological polar surface area (TPSA) is 34.2 Å². The maximum atomic E-state index is 5.84. The molecule has 136 valence electrons. The molecule has 1 aromatic heterocycles. The minimum Gasteiger partial charge on any atom is -0.457 e. The van der Waals surface area contributed by atoms with E-state index in [0.717, 1.165) is 33.8 Å². The van der Waals surface area contributed by atoms with E-state index in [0.29, 0.717) is 0 Å². The molecule has 0 unspecified atom stereocenters. The van der Waals surface area contributed by atoms with Crippen molar-refractivity contribution in [3.8, 4) is 11.5 Å². The van der Waals surface area contributed by atoms with Crippen LogP contribution in [0.15, 0.2) is 79.0 Å². The summed E-state index contributed by atoms with van der Waals surface area (Å²) in [5.41, 5.74) is 5.58.